The van der Waals surface area contributed by atoms with Gasteiger partial charge in [-0.3, -0.25) is 4.79 Å². The third-order valence-corrected chi connectivity index (χ3v) is 2.04. The first kappa shape index (κ1) is 12.5. The van der Waals surface area contributed by atoms with Crippen LogP contribution in [0, 0.1) is 12.3 Å². The number of carbonyl (C=O) groups is 1. The second-order valence-electron chi connectivity index (χ2n) is 4.67. The average Bonchev–Trinajstić information content (AvgIpc) is 2.43. The van der Waals surface area contributed by atoms with Gasteiger partial charge in [-0.05, 0) is 34.6 Å². The van der Waals surface area contributed by atoms with E-state index in [1.54, 1.807) is 34.6 Å². The lowest BCUT2D eigenvalue weighted by atomic mass is 9.97. The molecule has 1 heterocycles. The van der Waals surface area contributed by atoms with Crippen molar-refractivity contribution < 1.29 is 18.4 Å². The van der Waals surface area contributed by atoms with Crippen LogP contribution in [0.15, 0.2) is 13.6 Å². The zero-order chi connectivity index (χ0) is 12.5. The SMILES string of the molecule is Cc1oc(=O)oc1C(C)OC(=O)C(C)(C)C. The molecule has 0 radical (unpaired) electrons. The Bertz CT molecular complexity index is 432. The van der Waals surface area contributed by atoms with Crippen molar-refractivity contribution in [2.24, 2.45) is 5.41 Å². The van der Waals surface area contributed by atoms with Crippen LogP contribution in [0.1, 0.15) is 45.3 Å². The Morgan fingerprint density at radius 3 is 2.25 bits per heavy atom. The van der Waals surface area contributed by atoms with Gasteiger partial charge in [0.15, 0.2) is 17.6 Å². The fourth-order valence-corrected chi connectivity index (χ4v) is 1.12. The highest BCUT2D eigenvalue weighted by Crippen LogP contribution is 2.24. The molecule has 0 N–H and O–H groups in total. The fraction of sp³-hybridized carbons (Fsp3) is 0.636. The summed E-state index contributed by atoms with van der Waals surface area (Å²) in [5.74, 6) is -0.559. The minimum Gasteiger partial charge on any atom is -0.454 e. The predicted molar refractivity (Wildman–Crippen MR) is 55.9 cm³/mol. The largest absolute Gasteiger partial charge is 0.519 e. The first-order chi connectivity index (χ1) is 7.21. The van der Waals surface area contributed by atoms with Gasteiger partial charge < -0.3 is 13.6 Å². The second-order valence-corrected chi connectivity index (χ2v) is 4.67. The molecule has 5 nitrogen and oxygen atoms in total. The lowest BCUT2D eigenvalue weighted by Gasteiger charge is -2.19. The third-order valence-electron chi connectivity index (χ3n) is 2.04. The van der Waals surface area contributed by atoms with Crippen LogP contribution in [0.2, 0.25) is 0 Å². The molecular weight excluding hydrogens is 212 g/mol. The van der Waals surface area contributed by atoms with E-state index in [2.05, 4.69) is 4.42 Å². The monoisotopic (exact) mass is 228 g/mol. The molecule has 0 aromatic carbocycles. The maximum absolute atomic E-state index is 11.6. The Morgan fingerprint density at radius 1 is 1.31 bits per heavy atom. The summed E-state index contributed by atoms with van der Waals surface area (Å²) in [5, 5.41) is 0. The molecule has 1 atom stereocenters. The number of ether oxygens (including phenoxy) is 1. The molecule has 90 valence electrons. The number of rotatable bonds is 2. The zero-order valence-corrected chi connectivity index (χ0v) is 10.1. The Morgan fingerprint density at radius 2 is 1.88 bits per heavy atom. The van der Waals surface area contributed by atoms with Crippen LogP contribution < -0.4 is 5.82 Å². The van der Waals surface area contributed by atoms with Crippen molar-refractivity contribution in [2.75, 3.05) is 0 Å². The molecule has 0 aliphatic heterocycles. The summed E-state index contributed by atoms with van der Waals surface area (Å²) in [6.07, 6.45) is -0.627. The highest BCUT2D eigenvalue weighted by atomic mass is 16.6. The molecule has 0 bridgehead atoms. The molecule has 0 amide bonds. The number of carbonyl (C=O) groups excluding carboxylic acids is 1. The normalized spacial score (nSPS) is 13.6. The van der Waals surface area contributed by atoms with E-state index in [4.69, 9.17) is 9.15 Å². The number of aryl methyl sites for hydroxylation is 1. The van der Waals surface area contributed by atoms with Crippen molar-refractivity contribution in [1.29, 1.82) is 0 Å². The Labute approximate surface area is 93.4 Å². The van der Waals surface area contributed by atoms with Gasteiger partial charge in [-0.25, -0.2) is 4.79 Å². The highest BCUT2D eigenvalue weighted by molar-refractivity contribution is 5.75. The molecule has 1 aromatic heterocycles. The second kappa shape index (κ2) is 4.15. The average molecular weight is 228 g/mol. The van der Waals surface area contributed by atoms with Crippen LogP contribution in [0.25, 0.3) is 0 Å². The van der Waals surface area contributed by atoms with E-state index in [9.17, 15) is 9.59 Å². The summed E-state index contributed by atoms with van der Waals surface area (Å²) in [5.41, 5.74) is -0.591. The van der Waals surface area contributed by atoms with Crippen LogP contribution in [-0.2, 0) is 9.53 Å². The topological polar surface area (TPSA) is 69.7 Å². The Hall–Kier alpha value is -1.52. The van der Waals surface area contributed by atoms with Gasteiger partial charge in [0.25, 0.3) is 0 Å². The molecule has 1 aromatic rings. The van der Waals surface area contributed by atoms with Gasteiger partial charge in [0.05, 0.1) is 5.41 Å². The van der Waals surface area contributed by atoms with Crippen molar-refractivity contribution in [3.63, 3.8) is 0 Å². The molecule has 5 heteroatoms. The molecule has 0 saturated carbocycles. The molecule has 0 aliphatic rings. The van der Waals surface area contributed by atoms with Gasteiger partial charge in [0.1, 0.15) is 0 Å². The van der Waals surface area contributed by atoms with E-state index < -0.39 is 17.3 Å². The molecule has 0 spiro atoms. The van der Waals surface area contributed by atoms with Gasteiger partial charge in [0, 0.05) is 0 Å². The van der Waals surface area contributed by atoms with Gasteiger partial charge in [-0.1, -0.05) is 0 Å². The first-order valence-corrected chi connectivity index (χ1v) is 5.03. The maximum atomic E-state index is 11.6. The summed E-state index contributed by atoms with van der Waals surface area (Å²) >= 11 is 0. The number of esters is 1. The standard InChI is InChI=1S/C11H16O5/c1-6(14-9(12)11(3,4)5)8-7(2)15-10(13)16-8/h6H,1-5H3. The van der Waals surface area contributed by atoms with E-state index >= 15 is 0 Å². The van der Waals surface area contributed by atoms with E-state index in [-0.39, 0.29) is 11.7 Å². The van der Waals surface area contributed by atoms with Crippen molar-refractivity contribution >= 4 is 5.97 Å². The van der Waals surface area contributed by atoms with Crippen molar-refractivity contribution in [2.45, 2.75) is 40.7 Å². The van der Waals surface area contributed by atoms with Crippen molar-refractivity contribution in [3.8, 4) is 0 Å². The molecule has 16 heavy (non-hydrogen) atoms. The molecule has 1 rings (SSSR count). The van der Waals surface area contributed by atoms with Gasteiger partial charge in [-0.15, -0.1) is 0 Å². The molecule has 0 saturated heterocycles. The van der Waals surface area contributed by atoms with Crippen LogP contribution in [0.3, 0.4) is 0 Å². The van der Waals surface area contributed by atoms with E-state index in [1.807, 2.05) is 0 Å². The molecule has 0 fully saturated rings. The van der Waals surface area contributed by atoms with Crippen LogP contribution in [0.4, 0.5) is 0 Å². The molecule has 0 aliphatic carbocycles. The van der Waals surface area contributed by atoms with E-state index in [0.29, 0.717) is 5.76 Å². The summed E-state index contributed by atoms with van der Waals surface area (Å²) < 4.78 is 14.6. The molecular formula is C11H16O5. The Balaban J connectivity index is 2.81. The van der Waals surface area contributed by atoms with Crippen LogP contribution >= 0.6 is 0 Å². The summed E-state index contributed by atoms with van der Waals surface area (Å²) in [4.78, 5) is 22.4. The highest BCUT2D eigenvalue weighted by Gasteiger charge is 2.27. The maximum Gasteiger partial charge on any atom is 0.519 e. The predicted octanol–water partition coefficient (Wildman–Crippen LogP) is 2.19. The lowest BCUT2D eigenvalue weighted by Crippen LogP contribution is -2.24. The van der Waals surface area contributed by atoms with Crippen LogP contribution in [-0.4, -0.2) is 5.97 Å². The van der Waals surface area contributed by atoms with Gasteiger partial charge >= 0.3 is 11.8 Å². The quantitative estimate of drug-likeness (QED) is 0.725. The van der Waals surface area contributed by atoms with Crippen molar-refractivity contribution in [1.82, 2.24) is 0 Å². The van der Waals surface area contributed by atoms with E-state index in [0.717, 1.165) is 0 Å². The van der Waals surface area contributed by atoms with Crippen molar-refractivity contribution in [3.05, 3.63) is 22.1 Å². The minimum absolute atomic E-state index is 0.252. The number of hydrogen-bond acceptors (Lipinski definition) is 5. The van der Waals surface area contributed by atoms with Gasteiger partial charge in [-0.2, -0.15) is 0 Å². The van der Waals surface area contributed by atoms with Crippen LogP contribution in [0.5, 0.6) is 0 Å². The third kappa shape index (κ3) is 2.74. The first-order valence-electron chi connectivity index (χ1n) is 5.03. The summed E-state index contributed by atoms with van der Waals surface area (Å²) in [6, 6.07) is 0. The zero-order valence-electron chi connectivity index (χ0n) is 10.1. The Kier molecular flexibility index (Phi) is 3.26. The van der Waals surface area contributed by atoms with E-state index in [1.165, 1.54) is 0 Å². The molecule has 1 unspecified atom stereocenters. The summed E-state index contributed by atoms with van der Waals surface area (Å²) in [6.45, 7) is 8.47. The minimum atomic E-state index is -0.786. The lowest BCUT2D eigenvalue weighted by molar-refractivity contribution is -0.159. The van der Waals surface area contributed by atoms with Gasteiger partial charge in [0.2, 0.25) is 0 Å². The fourth-order valence-electron chi connectivity index (χ4n) is 1.12. The number of hydrogen-bond donors (Lipinski definition) is 0. The summed E-state index contributed by atoms with van der Waals surface area (Å²) in [7, 11) is 0. The smallest absolute Gasteiger partial charge is 0.454 e.